The molecule has 0 aliphatic rings. The van der Waals surface area contributed by atoms with E-state index in [-0.39, 0.29) is 12.0 Å². The Kier molecular flexibility index (Phi) is 8.87. The van der Waals surface area contributed by atoms with Gasteiger partial charge in [0.25, 0.3) is 0 Å². The predicted molar refractivity (Wildman–Crippen MR) is 125 cm³/mol. The average molecular weight is 437 g/mol. The lowest BCUT2D eigenvalue weighted by Crippen LogP contribution is -2.40. The fourth-order valence-corrected chi connectivity index (χ4v) is 3.39. The second-order valence-electron chi connectivity index (χ2n) is 7.59. The number of aryl methyl sites for hydroxylation is 1. The number of carbonyl (C=O) groups is 1. The summed E-state index contributed by atoms with van der Waals surface area (Å²) in [5, 5.41) is 3.27. The van der Waals surface area contributed by atoms with Crippen molar-refractivity contribution in [3.8, 4) is 17.2 Å². The van der Waals surface area contributed by atoms with Crippen molar-refractivity contribution >= 4 is 5.97 Å². The van der Waals surface area contributed by atoms with Gasteiger partial charge in [0.05, 0.1) is 18.9 Å². The fraction of sp³-hybridized carbons (Fsp3) is 0.385. The molecule has 2 aromatic carbocycles. The molecule has 0 amide bonds. The first-order chi connectivity index (χ1) is 15.6. The first kappa shape index (κ1) is 23.5. The van der Waals surface area contributed by atoms with Crippen LogP contribution in [-0.4, -0.2) is 36.8 Å². The molecule has 0 bridgehead atoms. The maximum Gasteiger partial charge on any atom is 0.323 e. The molecular weight excluding hydrogens is 404 g/mol. The van der Waals surface area contributed by atoms with Crippen molar-refractivity contribution in [1.29, 1.82) is 0 Å². The van der Waals surface area contributed by atoms with Crippen LogP contribution in [0.1, 0.15) is 37.3 Å². The number of carbonyl (C=O) groups excluding carboxylic acids is 1. The summed E-state index contributed by atoms with van der Waals surface area (Å²) in [6.07, 6.45) is 2.20. The number of esters is 1. The lowest BCUT2D eigenvalue weighted by Gasteiger charge is -2.17. The van der Waals surface area contributed by atoms with Crippen molar-refractivity contribution in [3.63, 3.8) is 0 Å². The Morgan fingerprint density at radius 1 is 1.09 bits per heavy atom. The first-order valence-electron chi connectivity index (χ1n) is 11.2. The van der Waals surface area contributed by atoms with Crippen molar-refractivity contribution in [2.24, 2.45) is 0 Å². The molecule has 0 radical (unpaired) electrons. The molecule has 1 N–H and O–H groups in total. The van der Waals surface area contributed by atoms with Crippen LogP contribution in [0.5, 0.6) is 5.75 Å². The van der Waals surface area contributed by atoms with Gasteiger partial charge in [-0.15, -0.1) is 0 Å². The van der Waals surface area contributed by atoms with Crippen LogP contribution in [-0.2, 0) is 22.4 Å². The van der Waals surface area contributed by atoms with Crippen LogP contribution in [0.15, 0.2) is 59.0 Å². The SMILES string of the molecule is CCCN[C@@H](Cc1ccc(OCCc2nc(-c3ccccc3)oc2C)cc1)C(=O)OCC. The van der Waals surface area contributed by atoms with Crippen LogP contribution in [0.3, 0.4) is 0 Å². The van der Waals surface area contributed by atoms with Gasteiger partial charge in [-0.25, -0.2) is 4.98 Å². The lowest BCUT2D eigenvalue weighted by molar-refractivity contribution is -0.145. The van der Waals surface area contributed by atoms with Crippen molar-refractivity contribution in [2.75, 3.05) is 19.8 Å². The fourth-order valence-electron chi connectivity index (χ4n) is 3.39. The molecule has 0 fully saturated rings. The van der Waals surface area contributed by atoms with Gasteiger partial charge in [-0.1, -0.05) is 37.3 Å². The Bertz CT molecular complexity index is 967. The molecular formula is C26H32N2O4. The predicted octanol–water partition coefficient (Wildman–Crippen LogP) is 4.75. The maximum absolute atomic E-state index is 12.2. The van der Waals surface area contributed by atoms with Gasteiger partial charge < -0.3 is 19.2 Å². The second kappa shape index (κ2) is 12.1. The summed E-state index contributed by atoms with van der Waals surface area (Å²) in [6.45, 7) is 7.49. The quantitative estimate of drug-likeness (QED) is 0.413. The smallest absolute Gasteiger partial charge is 0.323 e. The van der Waals surface area contributed by atoms with Gasteiger partial charge in [0.15, 0.2) is 0 Å². The molecule has 1 heterocycles. The number of hydrogen-bond acceptors (Lipinski definition) is 6. The molecule has 6 nitrogen and oxygen atoms in total. The second-order valence-corrected chi connectivity index (χ2v) is 7.59. The molecule has 1 aromatic heterocycles. The van der Waals surface area contributed by atoms with E-state index in [0.717, 1.165) is 41.3 Å². The number of ether oxygens (including phenoxy) is 2. The van der Waals surface area contributed by atoms with Crippen molar-refractivity contribution in [3.05, 3.63) is 71.6 Å². The monoisotopic (exact) mass is 436 g/mol. The molecule has 6 heteroatoms. The van der Waals surface area contributed by atoms with Gasteiger partial charge in [-0.2, -0.15) is 0 Å². The van der Waals surface area contributed by atoms with Gasteiger partial charge in [0.1, 0.15) is 17.6 Å². The first-order valence-corrected chi connectivity index (χ1v) is 11.2. The highest BCUT2D eigenvalue weighted by Gasteiger charge is 2.19. The normalized spacial score (nSPS) is 11.8. The van der Waals surface area contributed by atoms with Crippen LogP contribution in [0, 0.1) is 6.92 Å². The van der Waals surface area contributed by atoms with Crippen LogP contribution in [0.4, 0.5) is 0 Å². The summed E-state index contributed by atoms with van der Waals surface area (Å²) in [4.78, 5) is 16.8. The van der Waals surface area contributed by atoms with E-state index in [1.165, 1.54) is 0 Å². The number of nitrogens with zero attached hydrogens (tertiary/aromatic N) is 1. The summed E-state index contributed by atoms with van der Waals surface area (Å²) in [5.74, 6) is 2.02. The van der Waals surface area contributed by atoms with Gasteiger partial charge in [0.2, 0.25) is 5.89 Å². The van der Waals surface area contributed by atoms with E-state index in [0.29, 0.717) is 31.9 Å². The number of hydrogen-bond donors (Lipinski definition) is 1. The number of nitrogens with one attached hydrogen (secondary N) is 1. The average Bonchev–Trinajstić information content (AvgIpc) is 3.19. The van der Waals surface area contributed by atoms with E-state index in [2.05, 4.69) is 17.2 Å². The van der Waals surface area contributed by atoms with Crippen LogP contribution >= 0.6 is 0 Å². The minimum absolute atomic E-state index is 0.209. The molecule has 0 unspecified atom stereocenters. The highest BCUT2D eigenvalue weighted by atomic mass is 16.5. The molecule has 0 aliphatic carbocycles. The number of rotatable bonds is 12. The van der Waals surface area contributed by atoms with Crippen molar-refractivity contribution < 1.29 is 18.7 Å². The van der Waals surface area contributed by atoms with E-state index < -0.39 is 0 Å². The zero-order valence-corrected chi connectivity index (χ0v) is 19.1. The Balaban J connectivity index is 1.52. The topological polar surface area (TPSA) is 73.6 Å². The third-order valence-corrected chi connectivity index (χ3v) is 5.10. The standard InChI is InChI=1S/C26H32N2O4/c1-4-16-27-24(26(29)30-5-2)18-20-11-13-22(14-12-20)31-17-15-23-19(3)32-25(28-23)21-9-7-6-8-10-21/h6-14,24,27H,4-5,15-18H2,1-3H3/t24-/m0/s1. The molecule has 0 saturated carbocycles. The zero-order valence-electron chi connectivity index (χ0n) is 19.1. The van der Waals surface area contributed by atoms with E-state index in [1.54, 1.807) is 0 Å². The summed E-state index contributed by atoms with van der Waals surface area (Å²) >= 11 is 0. The minimum Gasteiger partial charge on any atom is -0.493 e. The molecule has 3 rings (SSSR count). The van der Waals surface area contributed by atoms with Gasteiger partial charge in [-0.05, 0) is 63.1 Å². The van der Waals surface area contributed by atoms with Crippen molar-refractivity contribution in [1.82, 2.24) is 10.3 Å². The number of benzene rings is 2. The van der Waals surface area contributed by atoms with Crippen molar-refractivity contribution in [2.45, 2.75) is 46.1 Å². The van der Waals surface area contributed by atoms with E-state index in [1.807, 2.05) is 68.4 Å². The number of oxazole rings is 1. The molecule has 0 aliphatic heterocycles. The lowest BCUT2D eigenvalue weighted by atomic mass is 10.1. The Labute approximate surface area is 190 Å². The molecule has 3 aromatic rings. The van der Waals surface area contributed by atoms with Crippen LogP contribution in [0.2, 0.25) is 0 Å². The minimum atomic E-state index is -0.337. The van der Waals surface area contributed by atoms with Crippen LogP contribution < -0.4 is 10.1 Å². The molecule has 170 valence electrons. The maximum atomic E-state index is 12.2. The Hall–Kier alpha value is -3.12. The zero-order chi connectivity index (χ0) is 22.8. The molecule has 0 spiro atoms. The third kappa shape index (κ3) is 6.69. The summed E-state index contributed by atoms with van der Waals surface area (Å²) < 4.78 is 16.9. The van der Waals surface area contributed by atoms with Crippen LogP contribution in [0.25, 0.3) is 11.5 Å². The van der Waals surface area contributed by atoms with Gasteiger partial charge in [-0.3, -0.25) is 4.79 Å². The molecule has 1 atom stereocenters. The highest BCUT2D eigenvalue weighted by molar-refractivity contribution is 5.76. The Morgan fingerprint density at radius 2 is 1.84 bits per heavy atom. The number of aromatic nitrogens is 1. The third-order valence-electron chi connectivity index (χ3n) is 5.10. The van der Waals surface area contributed by atoms with E-state index >= 15 is 0 Å². The highest BCUT2D eigenvalue weighted by Crippen LogP contribution is 2.22. The molecule has 32 heavy (non-hydrogen) atoms. The Morgan fingerprint density at radius 3 is 2.53 bits per heavy atom. The molecule has 0 saturated heterocycles. The van der Waals surface area contributed by atoms with E-state index in [9.17, 15) is 4.79 Å². The van der Waals surface area contributed by atoms with E-state index in [4.69, 9.17) is 13.9 Å². The summed E-state index contributed by atoms with van der Waals surface area (Å²) in [5.41, 5.74) is 2.92. The summed E-state index contributed by atoms with van der Waals surface area (Å²) in [7, 11) is 0. The van der Waals surface area contributed by atoms with Gasteiger partial charge in [0, 0.05) is 12.0 Å². The largest absolute Gasteiger partial charge is 0.493 e. The van der Waals surface area contributed by atoms with Gasteiger partial charge >= 0.3 is 5.97 Å². The summed E-state index contributed by atoms with van der Waals surface area (Å²) in [6, 6.07) is 17.4.